The van der Waals surface area contributed by atoms with Crippen molar-refractivity contribution in [1.29, 1.82) is 0 Å². The molecule has 0 amide bonds. The van der Waals surface area contributed by atoms with E-state index in [4.69, 9.17) is 11.6 Å². The number of benzene rings is 2. The molecule has 0 heterocycles. The Labute approximate surface area is 147 Å². The third-order valence-corrected chi connectivity index (χ3v) is 6.14. The first-order valence-corrected chi connectivity index (χ1v) is 9.71. The maximum atomic E-state index is 5.98. The van der Waals surface area contributed by atoms with Gasteiger partial charge in [-0.15, -0.1) is 23.5 Å². The Morgan fingerprint density at radius 3 is 1.95 bits per heavy atom. The molecule has 0 aromatic heterocycles. The van der Waals surface area contributed by atoms with E-state index in [0.29, 0.717) is 4.58 Å². The molecule has 1 atom stereocenters. The van der Waals surface area contributed by atoms with E-state index in [-0.39, 0.29) is 0 Å². The van der Waals surface area contributed by atoms with Gasteiger partial charge in [0.15, 0.2) is 0 Å². The molecule has 0 N–H and O–H groups in total. The van der Waals surface area contributed by atoms with Crippen molar-refractivity contribution in [2.75, 3.05) is 19.6 Å². The van der Waals surface area contributed by atoms with Crippen LogP contribution in [0.25, 0.3) is 0 Å². The summed E-state index contributed by atoms with van der Waals surface area (Å²) in [5, 5.41) is 0.792. The van der Waals surface area contributed by atoms with E-state index in [2.05, 4.69) is 61.2 Å². The first kappa shape index (κ1) is 17.7. The normalized spacial score (nSPS) is 12.5. The van der Waals surface area contributed by atoms with Crippen molar-refractivity contribution in [3.63, 3.8) is 0 Å². The van der Waals surface area contributed by atoms with E-state index in [1.807, 2.05) is 35.7 Å². The maximum Gasteiger partial charge on any atom is 0.0723 e. The first-order chi connectivity index (χ1) is 10.7. The summed E-state index contributed by atoms with van der Waals surface area (Å²) in [6.45, 7) is 7.69. The smallest absolute Gasteiger partial charge is 0.0723 e. The minimum Gasteiger partial charge on any atom is -0.302 e. The molecule has 1 nitrogen and oxygen atoms in total. The van der Waals surface area contributed by atoms with E-state index < -0.39 is 0 Å². The summed E-state index contributed by atoms with van der Waals surface area (Å²) in [7, 11) is 0. The molecule has 22 heavy (non-hydrogen) atoms. The Bertz CT molecular complexity index is 541. The fourth-order valence-corrected chi connectivity index (χ4v) is 4.88. The van der Waals surface area contributed by atoms with Gasteiger partial charge >= 0.3 is 0 Å². The average molecular weight is 352 g/mol. The van der Waals surface area contributed by atoms with Gasteiger partial charge in [0.1, 0.15) is 0 Å². The predicted octanol–water partition coefficient (Wildman–Crippen LogP) is 5.89. The summed E-state index contributed by atoms with van der Waals surface area (Å²) >= 11 is 9.83. The number of rotatable bonds is 8. The molecule has 0 radical (unpaired) electrons. The summed E-state index contributed by atoms with van der Waals surface area (Å²) in [6, 6.07) is 18.8. The SMILES string of the molecule is CCN(CC)CC(Sc1ccccc1)Sc1ccc(Cl)cc1. The van der Waals surface area contributed by atoms with Crippen LogP contribution < -0.4 is 0 Å². The van der Waals surface area contributed by atoms with Crippen molar-refractivity contribution < 1.29 is 0 Å². The van der Waals surface area contributed by atoms with Crippen LogP contribution in [0.5, 0.6) is 0 Å². The Kier molecular flexibility index (Phi) is 7.67. The van der Waals surface area contributed by atoms with Gasteiger partial charge in [0.2, 0.25) is 0 Å². The Balaban J connectivity index is 2.08. The highest BCUT2D eigenvalue weighted by atomic mass is 35.5. The fourth-order valence-electron chi connectivity index (χ4n) is 2.11. The molecular formula is C18H22ClNS2. The zero-order valence-electron chi connectivity index (χ0n) is 13.0. The third kappa shape index (κ3) is 5.88. The molecule has 0 aliphatic heterocycles. The molecule has 0 saturated heterocycles. The molecule has 0 aliphatic carbocycles. The van der Waals surface area contributed by atoms with Crippen molar-refractivity contribution >= 4 is 35.1 Å². The van der Waals surface area contributed by atoms with E-state index >= 15 is 0 Å². The number of halogens is 1. The molecule has 0 fully saturated rings. The van der Waals surface area contributed by atoms with E-state index in [1.54, 1.807) is 0 Å². The largest absolute Gasteiger partial charge is 0.302 e. The average Bonchev–Trinajstić information content (AvgIpc) is 2.55. The van der Waals surface area contributed by atoms with Crippen molar-refractivity contribution in [1.82, 2.24) is 4.90 Å². The molecule has 0 spiro atoms. The minimum atomic E-state index is 0.462. The lowest BCUT2D eigenvalue weighted by molar-refractivity contribution is 0.319. The molecule has 118 valence electrons. The highest BCUT2D eigenvalue weighted by Gasteiger charge is 2.15. The van der Waals surface area contributed by atoms with Crippen molar-refractivity contribution in [2.45, 2.75) is 28.2 Å². The van der Waals surface area contributed by atoms with Gasteiger partial charge in [-0.3, -0.25) is 0 Å². The summed E-state index contributed by atoms with van der Waals surface area (Å²) in [4.78, 5) is 5.06. The van der Waals surface area contributed by atoms with Gasteiger partial charge in [-0.1, -0.05) is 43.6 Å². The number of thioether (sulfide) groups is 2. The molecule has 4 heteroatoms. The van der Waals surface area contributed by atoms with Gasteiger partial charge < -0.3 is 4.90 Å². The van der Waals surface area contributed by atoms with Crippen LogP contribution in [-0.2, 0) is 0 Å². The van der Waals surface area contributed by atoms with Gasteiger partial charge in [0, 0.05) is 21.4 Å². The van der Waals surface area contributed by atoms with Gasteiger partial charge in [-0.25, -0.2) is 0 Å². The Morgan fingerprint density at radius 2 is 1.41 bits per heavy atom. The molecule has 2 aromatic rings. The quantitative estimate of drug-likeness (QED) is 0.431. The molecule has 1 unspecified atom stereocenters. The van der Waals surface area contributed by atoms with Gasteiger partial charge in [0.05, 0.1) is 4.58 Å². The lowest BCUT2D eigenvalue weighted by Gasteiger charge is -2.24. The van der Waals surface area contributed by atoms with Crippen molar-refractivity contribution in [3.8, 4) is 0 Å². The standard InChI is InChI=1S/C18H22ClNS2/c1-3-20(4-2)14-18(21-16-8-6-5-7-9-16)22-17-12-10-15(19)11-13-17/h5-13,18H,3-4,14H2,1-2H3. The van der Waals surface area contributed by atoms with Crippen LogP contribution in [0.1, 0.15) is 13.8 Å². The second-order valence-electron chi connectivity index (χ2n) is 4.92. The van der Waals surface area contributed by atoms with Crippen LogP contribution in [0.15, 0.2) is 64.4 Å². The van der Waals surface area contributed by atoms with Crippen LogP contribution in [0.4, 0.5) is 0 Å². The van der Waals surface area contributed by atoms with Crippen LogP contribution in [0, 0.1) is 0 Å². The van der Waals surface area contributed by atoms with E-state index in [0.717, 1.165) is 24.7 Å². The summed E-state index contributed by atoms with van der Waals surface area (Å²) in [6.07, 6.45) is 0. The van der Waals surface area contributed by atoms with Gasteiger partial charge in [-0.05, 0) is 49.5 Å². The Hall–Kier alpha value is -0.610. The molecule has 0 saturated carbocycles. The maximum absolute atomic E-state index is 5.98. The molecule has 2 rings (SSSR count). The monoisotopic (exact) mass is 351 g/mol. The summed E-state index contributed by atoms with van der Waals surface area (Å²) < 4.78 is 0.462. The zero-order valence-corrected chi connectivity index (χ0v) is 15.4. The number of hydrogen-bond acceptors (Lipinski definition) is 3. The Morgan fingerprint density at radius 1 is 0.864 bits per heavy atom. The molecule has 2 aromatic carbocycles. The topological polar surface area (TPSA) is 3.24 Å². The minimum absolute atomic E-state index is 0.462. The molecule has 0 bridgehead atoms. The predicted molar refractivity (Wildman–Crippen MR) is 101 cm³/mol. The van der Waals surface area contributed by atoms with Crippen LogP contribution in [-0.4, -0.2) is 29.1 Å². The number of hydrogen-bond donors (Lipinski definition) is 0. The first-order valence-electron chi connectivity index (χ1n) is 7.57. The third-order valence-electron chi connectivity index (χ3n) is 3.39. The second-order valence-corrected chi connectivity index (χ2v) is 8.21. The van der Waals surface area contributed by atoms with Crippen molar-refractivity contribution in [2.24, 2.45) is 0 Å². The zero-order chi connectivity index (χ0) is 15.8. The summed E-state index contributed by atoms with van der Waals surface area (Å²) in [5.41, 5.74) is 0. The van der Waals surface area contributed by atoms with Crippen molar-refractivity contribution in [3.05, 3.63) is 59.6 Å². The lowest BCUT2D eigenvalue weighted by atomic mass is 10.4. The van der Waals surface area contributed by atoms with Crippen LogP contribution in [0.3, 0.4) is 0 Å². The molecule has 0 aliphatic rings. The highest BCUT2D eigenvalue weighted by molar-refractivity contribution is 8.17. The second kappa shape index (κ2) is 9.51. The highest BCUT2D eigenvalue weighted by Crippen LogP contribution is 2.36. The number of nitrogens with zero attached hydrogens (tertiary/aromatic N) is 1. The van der Waals surface area contributed by atoms with E-state index in [9.17, 15) is 0 Å². The summed E-state index contributed by atoms with van der Waals surface area (Å²) in [5.74, 6) is 0. The van der Waals surface area contributed by atoms with Crippen LogP contribution >= 0.6 is 35.1 Å². The van der Waals surface area contributed by atoms with Gasteiger partial charge in [0.25, 0.3) is 0 Å². The van der Waals surface area contributed by atoms with E-state index in [1.165, 1.54) is 9.79 Å². The molecular weight excluding hydrogens is 330 g/mol. The lowest BCUT2D eigenvalue weighted by Crippen LogP contribution is -2.29. The van der Waals surface area contributed by atoms with Crippen LogP contribution in [0.2, 0.25) is 5.02 Å². The fraction of sp³-hybridized carbons (Fsp3) is 0.333. The van der Waals surface area contributed by atoms with Gasteiger partial charge in [-0.2, -0.15) is 0 Å².